The molecule has 1 aromatic carbocycles. The number of hydrogen-bond donors (Lipinski definition) is 2. The van der Waals surface area contributed by atoms with Crippen molar-refractivity contribution in [2.75, 3.05) is 52.5 Å². The molecule has 1 unspecified atom stereocenters. The molecular formula is C17H28N2O3. The molecule has 124 valence electrons. The van der Waals surface area contributed by atoms with Gasteiger partial charge in [-0.1, -0.05) is 30.3 Å². The predicted octanol–water partition coefficient (Wildman–Crippen LogP) is 0.564. The van der Waals surface area contributed by atoms with E-state index >= 15 is 0 Å². The van der Waals surface area contributed by atoms with E-state index in [0.29, 0.717) is 26.3 Å². The van der Waals surface area contributed by atoms with Gasteiger partial charge in [-0.15, -0.1) is 0 Å². The van der Waals surface area contributed by atoms with Crippen LogP contribution in [0.2, 0.25) is 0 Å². The first-order chi connectivity index (χ1) is 10.8. The number of hydrogen-bond acceptors (Lipinski definition) is 5. The maximum Gasteiger partial charge on any atom is 0.0793 e. The number of ether oxygens (including phenoxy) is 1. The number of aliphatic hydroxyl groups excluding tert-OH is 2. The summed E-state index contributed by atoms with van der Waals surface area (Å²) in [5.74, 6) is 0. The van der Waals surface area contributed by atoms with E-state index in [1.165, 1.54) is 5.56 Å². The Morgan fingerprint density at radius 3 is 2.41 bits per heavy atom. The van der Waals surface area contributed by atoms with Gasteiger partial charge in [-0.05, 0) is 12.0 Å². The van der Waals surface area contributed by atoms with Crippen molar-refractivity contribution in [1.82, 2.24) is 9.80 Å². The molecule has 1 atom stereocenters. The fourth-order valence-electron chi connectivity index (χ4n) is 2.78. The van der Waals surface area contributed by atoms with Gasteiger partial charge in [-0.25, -0.2) is 0 Å². The Bertz CT molecular complexity index is 402. The zero-order valence-corrected chi connectivity index (χ0v) is 13.2. The minimum Gasteiger partial charge on any atom is -0.396 e. The van der Waals surface area contributed by atoms with E-state index in [0.717, 1.165) is 32.6 Å². The van der Waals surface area contributed by atoms with E-state index in [9.17, 15) is 5.11 Å². The van der Waals surface area contributed by atoms with Crippen LogP contribution in [-0.2, 0) is 11.3 Å². The fraction of sp³-hybridized carbons (Fsp3) is 0.647. The molecule has 0 aliphatic carbocycles. The van der Waals surface area contributed by atoms with E-state index in [1.54, 1.807) is 0 Å². The first-order valence-corrected chi connectivity index (χ1v) is 8.13. The van der Waals surface area contributed by atoms with Crippen LogP contribution < -0.4 is 0 Å². The molecule has 0 spiro atoms. The molecule has 5 heteroatoms. The van der Waals surface area contributed by atoms with Gasteiger partial charge < -0.3 is 14.9 Å². The molecule has 1 heterocycles. The molecule has 0 saturated carbocycles. The summed E-state index contributed by atoms with van der Waals surface area (Å²) in [6.45, 7) is 6.50. The molecule has 1 aliphatic rings. The SMILES string of the molecule is OCCCN1CCN(CCOCc2ccccc2)CC(O)C1. The van der Waals surface area contributed by atoms with Crippen molar-refractivity contribution in [3.8, 4) is 0 Å². The van der Waals surface area contributed by atoms with Crippen LogP contribution in [0.25, 0.3) is 0 Å². The molecule has 1 saturated heterocycles. The Labute approximate surface area is 133 Å². The standard InChI is InChI=1S/C17H28N2O3/c20-11-4-7-18-8-9-19(14-17(21)13-18)10-12-22-15-16-5-2-1-3-6-16/h1-3,5-6,17,20-21H,4,7-15H2. The first-order valence-electron chi connectivity index (χ1n) is 8.13. The van der Waals surface area contributed by atoms with Crippen molar-refractivity contribution in [2.24, 2.45) is 0 Å². The van der Waals surface area contributed by atoms with E-state index in [2.05, 4.69) is 21.9 Å². The lowest BCUT2D eigenvalue weighted by Crippen LogP contribution is -2.35. The summed E-state index contributed by atoms with van der Waals surface area (Å²) < 4.78 is 5.72. The summed E-state index contributed by atoms with van der Waals surface area (Å²) in [7, 11) is 0. The average Bonchev–Trinajstić information content (AvgIpc) is 2.71. The van der Waals surface area contributed by atoms with Gasteiger partial charge >= 0.3 is 0 Å². The summed E-state index contributed by atoms with van der Waals surface area (Å²) in [5, 5.41) is 19.0. The number of rotatable bonds is 8. The third-order valence-corrected chi connectivity index (χ3v) is 3.97. The molecule has 22 heavy (non-hydrogen) atoms. The summed E-state index contributed by atoms with van der Waals surface area (Å²) in [4.78, 5) is 4.49. The Hall–Kier alpha value is -0.980. The van der Waals surface area contributed by atoms with E-state index in [4.69, 9.17) is 9.84 Å². The molecule has 5 nitrogen and oxygen atoms in total. The van der Waals surface area contributed by atoms with E-state index in [-0.39, 0.29) is 12.7 Å². The molecule has 2 rings (SSSR count). The quantitative estimate of drug-likeness (QED) is 0.688. The summed E-state index contributed by atoms with van der Waals surface area (Å²) >= 11 is 0. The largest absolute Gasteiger partial charge is 0.396 e. The van der Waals surface area contributed by atoms with Gasteiger partial charge in [-0.3, -0.25) is 9.80 Å². The zero-order valence-electron chi connectivity index (χ0n) is 13.2. The Morgan fingerprint density at radius 1 is 1.05 bits per heavy atom. The van der Waals surface area contributed by atoms with Crippen molar-refractivity contribution in [3.63, 3.8) is 0 Å². The van der Waals surface area contributed by atoms with Crippen molar-refractivity contribution in [1.29, 1.82) is 0 Å². The van der Waals surface area contributed by atoms with Gasteiger partial charge in [0.1, 0.15) is 0 Å². The van der Waals surface area contributed by atoms with Crippen LogP contribution in [0, 0.1) is 0 Å². The second kappa shape index (κ2) is 9.92. The van der Waals surface area contributed by atoms with Crippen LogP contribution in [-0.4, -0.2) is 78.6 Å². The van der Waals surface area contributed by atoms with Gasteiger partial charge in [-0.2, -0.15) is 0 Å². The highest BCUT2D eigenvalue weighted by Crippen LogP contribution is 2.05. The highest BCUT2D eigenvalue weighted by molar-refractivity contribution is 5.13. The smallest absolute Gasteiger partial charge is 0.0793 e. The maximum absolute atomic E-state index is 10.1. The summed E-state index contributed by atoms with van der Waals surface area (Å²) in [6, 6.07) is 10.2. The van der Waals surface area contributed by atoms with Crippen LogP contribution >= 0.6 is 0 Å². The topological polar surface area (TPSA) is 56.2 Å². The molecule has 0 radical (unpaired) electrons. The summed E-state index contributed by atoms with van der Waals surface area (Å²) in [5.41, 5.74) is 1.19. The van der Waals surface area contributed by atoms with Crippen LogP contribution in [0.3, 0.4) is 0 Å². The molecule has 1 aromatic rings. The number of β-amino-alcohol motifs (C(OH)–C–C–N with tert-alkyl or cyclic N) is 1. The average molecular weight is 308 g/mol. The lowest BCUT2D eigenvalue weighted by atomic mass is 10.2. The zero-order chi connectivity index (χ0) is 15.6. The van der Waals surface area contributed by atoms with Crippen molar-refractivity contribution >= 4 is 0 Å². The van der Waals surface area contributed by atoms with Gasteiger partial charge in [0.25, 0.3) is 0 Å². The molecule has 0 amide bonds. The normalized spacial score (nSPS) is 20.9. The third kappa shape index (κ3) is 6.42. The van der Waals surface area contributed by atoms with Gasteiger partial charge in [0.05, 0.1) is 19.3 Å². The van der Waals surface area contributed by atoms with Crippen LogP contribution in [0.5, 0.6) is 0 Å². The predicted molar refractivity (Wildman–Crippen MR) is 86.7 cm³/mol. The van der Waals surface area contributed by atoms with E-state index in [1.807, 2.05) is 18.2 Å². The molecule has 2 N–H and O–H groups in total. The number of nitrogens with zero attached hydrogens (tertiary/aromatic N) is 2. The fourth-order valence-corrected chi connectivity index (χ4v) is 2.78. The highest BCUT2D eigenvalue weighted by atomic mass is 16.5. The molecule has 0 bridgehead atoms. The van der Waals surface area contributed by atoms with Crippen LogP contribution in [0.15, 0.2) is 30.3 Å². The summed E-state index contributed by atoms with van der Waals surface area (Å²) in [6.07, 6.45) is 0.447. The second-order valence-electron chi connectivity index (χ2n) is 5.87. The Morgan fingerprint density at radius 2 is 1.73 bits per heavy atom. The van der Waals surface area contributed by atoms with Crippen molar-refractivity contribution in [2.45, 2.75) is 19.1 Å². The lowest BCUT2D eigenvalue weighted by Gasteiger charge is -2.21. The molecular weight excluding hydrogens is 280 g/mol. The second-order valence-corrected chi connectivity index (χ2v) is 5.87. The number of benzene rings is 1. The van der Waals surface area contributed by atoms with Gasteiger partial charge in [0.15, 0.2) is 0 Å². The van der Waals surface area contributed by atoms with Gasteiger partial charge in [0, 0.05) is 45.9 Å². The highest BCUT2D eigenvalue weighted by Gasteiger charge is 2.20. The van der Waals surface area contributed by atoms with Crippen LogP contribution in [0.4, 0.5) is 0 Å². The maximum atomic E-state index is 10.1. The lowest BCUT2D eigenvalue weighted by molar-refractivity contribution is 0.0732. The minimum absolute atomic E-state index is 0.212. The Kier molecular flexibility index (Phi) is 7.83. The van der Waals surface area contributed by atoms with Gasteiger partial charge in [0.2, 0.25) is 0 Å². The van der Waals surface area contributed by atoms with E-state index < -0.39 is 0 Å². The molecule has 0 aromatic heterocycles. The van der Waals surface area contributed by atoms with Crippen LogP contribution in [0.1, 0.15) is 12.0 Å². The third-order valence-electron chi connectivity index (χ3n) is 3.97. The number of aliphatic hydroxyl groups is 2. The first kappa shape index (κ1) is 17.4. The van der Waals surface area contributed by atoms with Crippen molar-refractivity contribution in [3.05, 3.63) is 35.9 Å². The van der Waals surface area contributed by atoms with Crippen molar-refractivity contribution < 1.29 is 14.9 Å². The molecule has 1 aliphatic heterocycles. The Balaban J connectivity index is 1.65. The molecule has 1 fully saturated rings. The minimum atomic E-state index is -0.324. The monoisotopic (exact) mass is 308 g/mol.